The van der Waals surface area contributed by atoms with Gasteiger partial charge in [-0.05, 0) is 31.7 Å². The second-order valence-electron chi connectivity index (χ2n) is 5.22. The van der Waals surface area contributed by atoms with Crippen LogP contribution in [-0.2, 0) is 11.3 Å². The largest absolute Gasteiger partial charge is 0.378 e. The molecule has 0 aliphatic rings. The van der Waals surface area contributed by atoms with Crippen molar-refractivity contribution in [2.24, 2.45) is 0 Å². The summed E-state index contributed by atoms with van der Waals surface area (Å²) in [4.78, 5) is 26.9. The van der Waals surface area contributed by atoms with Gasteiger partial charge in [-0.15, -0.1) is 0 Å². The van der Waals surface area contributed by atoms with E-state index in [1.807, 2.05) is 55.2 Å². The molecule has 1 atom stereocenters. The van der Waals surface area contributed by atoms with Gasteiger partial charge in [0, 0.05) is 33.4 Å². The Morgan fingerprint density at radius 3 is 2.19 bits per heavy atom. The first kappa shape index (κ1) is 17.0. The minimum atomic E-state index is -0.490. The minimum absolute atomic E-state index is 0.318. The highest BCUT2D eigenvalue weighted by atomic mass is 16.2. The Morgan fingerprint density at radius 1 is 1.14 bits per heavy atom. The average molecular weight is 292 g/mol. The predicted molar refractivity (Wildman–Crippen MR) is 84.3 cm³/mol. The summed E-state index contributed by atoms with van der Waals surface area (Å²) in [6, 6.07) is 7.27. The van der Waals surface area contributed by atoms with E-state index in [9.17, 15) is 9.59 Å². The Morgan fingerprint density at radius 2 is 1.71 bits per heavy atom. The summed E-state index contributed by atoms with van der Waals surface area (Å²) in [5, 5.41) is 4.64. The summed E-state index contributed by atoms with van der Waals surface area (Å²) in [5.74, 6) is -0.318. The van der Waals surface area contributed by atoms with E-state index in [-0.39, 0.29) is 5.91 Å². The van der Waals surface area contributed by atoms with Crippen LogP contribution in [0.2, 0.25) is 0 Å². The van der Waals surface area contributed by atoms with E-state index >= 15 is 0 Å². The van der Waals surface area contributed by atoms with Gasteiger partial charge in [0.25, 0.3) is 0 Å². The molecule has 116 valence electrons. The number of nitrogens with one attached hydrogen (secondary N) is 2. The standard InChI is InChI=1S/C15H24N4O2/c1-11(14(20)17-15(21)16-2)19(5)10-12-6-8-13(9-7-12)18(3)4/h6-9,11H,10H2,1-5H3,(H2,16,17,20,21)/t11-/m1/s1. The van der Waals surface area contributed by atoms with Crippen LogP contribution >= 0.6 is 0 Å². The smallest absolute Gasteiger partial charge is 0.321 e. The molecule has 0 unspecified atom stereocenters. The van der Waals surface area contributed by atoms with Crippen LogP contribution in [0.5, 0.6) is 0 Å². The lowest BCUT2D eigenvalue weighted by Crippen LogP contribution is -2.47. The lowest BCUT2D eigenvalue weighted by Gasteiger charge is -2.23. The van der Waals surface area contributed by atoms with Crippen LogP contribution in [0.4, 0.5) is 10.5 Å². The van der Waals surface area contributed by atoms with Crippen molar-refractivity contribution >= 4 is 17.6 Å². The molecule has 6 nitrogen and oxygen atoms in total. The molecule has 0 saturated heterocycles. The summed E-state index contributed by atoms with van der Waals surface area (Å²) in [6.45, 7) is 2.41. The van der Waals surface area contributed by atoms with E-state index < -0.39 is 12.1 Å². The maximum absolute atomic E-state index is 11.9. The molecular formula is C15H24N4O2. The zero-order valence-electron chi connectivity index (χ0n) is 13.3. The van der Waals surface area contributed by atoms with Crippen molar-refractivity contribution in [1.29, 1.82) is 0 Å². The van der Waals surface area contributed by atoms with Crippen LogP contribution in [0, 0.1) is 0 Å². The molecule has 21 heavy (non-hydrogen) atoms. The van der Waals surface area contributed by atoms with Gasteiger partial charge in [0.15, 0.2) is 0 Å². The molecule has 1 rings (SSSR count). The highest BCUT2D eigenvalue weighted by molar-refractivity contribution is 5.96. The Hall–Kier alpha value is -2.08. The zero-order valence-corrected chi connectivity index (χ0v) is 13.3. The van der Waals surface area contributed by atoms with Gasteiger partial charge in [-0.1, -0.05) is 12.1 Å². The van der Waals surface area contributed by atoms with Crippen molar-refractivity contribution in [2.45, 2.75) is 19.5 Å². The van der Waals surface area contributed by atoms with Crippen LogP contribution in [0.15, 0.2) is 24.3 Å². The predicted octanol–water partition coefficient (Wildman–Crippen LogP) is 1.03. The molecular weight excluding hydrogens is 268 g/mol. The number of imide groups is 1. The number of anilines is 1. The first-order valence-corrected chi connectivity index (χ1v) is 6.84. The van der Waals surface area contributed by atoms with Gasteiger partial charge in [0.1, 0.15) is 0 Å². The summed E-state index contributed by atoms with van der Waals surface area (Å²) in [5.41, 5.74) is 2.24. The minimum Gasteiger partial charge on any atom is -0.378 e. The molecule has 6 heteroatoms. The number of nitrogens with zero attached hydrogens (tertiary/aromatic N) is 2. The Bertz CT molecular complexity index is 485. The number of amides is 3. The highest BCUT2D eigenvalue weighted by Gasteiger charge is 2.19. The number of urea groups is 1. The first-order valence-electron chi connectivity index (χ1n) is 6.84. The molecule has 0 fully saturated rings. The summed E-state index contributed by atoms with van der Waals surface area (Å²) in [6.07, 6.45) is 0. The van der Waals surface area contributed by atoms with Gasteiger partial charge in [0.2, 0.25) is 5.91 Å². The second kappa shape index (κ2) is 7.64. The number of rotatable bonds is 5. The third-order valence-electron chi connectivity index (χ3n) is 3.39. The summed E-state index contributed by atoms with van der Waals surface area (Å²) < 4.78 is 0. The Balaban J connectivity index is 2.61. The van der Waals surface area contributed by atoms with Gasteiger partial charge < -0.3 is 10.2 Å². The SMILES string of the molecule is CNC(=O)NC(=O)[C@@H](C)N(C)Cc1ccc(N(C)C)cc1. The van der Waals surface area contributed by atoms with Crippen LogP contribution in [-0.4, -0.2) is 51.1 Å². The zero-order chi connectivity index (χ0) is 16.0. The molecule has 0 aliphatic carbocycles. The first-order chi connectivity index (χ1) is 9.85. The molecule has 0 aliphatic heterocycles. The molecule has 0 bridgehead atoms. The van der Waals surface area contributed by atoms with Crippen molar-refractivity contribution in [3.05, 3.63) is 29.8 Å². The molecule has 3 amide bonds. The van der Waals surface area contributed by atoms with Crippen LogP contribution in [0.3, 0.4) is 0 Å². The van der Waals surface area contributed by atoms with E-state index in [0.717, 1.165) is 11.3 Å². The highest BCUT2D eigenvalue weighted by Crippen LogP contribution is 2.14. The van der Waals surface area contributed by atoms with E-state index in [1.54, 1.807) is 6.92 Å². The fourth-order valence-corrected chi connectivity index (χ4v) is 1.80. The van der Waals surface area contributed by atoms with E-state index in [4.69, 9.17) is 0 Å². The van der Waals surface area contributed by atoms with Gasteiger partial charge in [-0.2, -0.15) is 0 Å². The maximum Gasteiger partial charge on any atom is 0.321 e. The number of benzene rings is 1. The molecule has 0 heterocycles. The van der Waals surface area contributed by atoms with E-state index in [2.05, 4.69) is 10.6 Å². The molecule has 1 aromatic carbocycles. The molecule has 0 aromatic heterocycles. The number of hydrogen-bond donors (Lipinski definition) is 2. The van der Waals surface area contributed by atoms with E-state index in [0.29, 0.717) is 6.54 Å². The Kier molecular flexibility index (Phi) is 6.17. The number of carbonyl (C=O) groups is 2. The van der Waals surface area contributed by atoms with Crippen molar-refractivity contribution in [1.82, 2.24) is 15.5 Å². The average Bonchev–Trinajstić information content (AvgIpc) is 2.46. The third-order valence-corrected chi connectivity index (χ3v) is 3.39. The van der Waals surface area contributed by atoms with Crippen LogP contribution in [0.25, 0.3) is 0 Å². The molecule has 0 saturated carbocycles. The molecule has 0 spiro atoms. The quantitative estimate of drug-likeness (QED) is 0.851. The number of carbonyl (C=O) groups excluding carboxylic acids is 2. The fraction of sp³-hybridized carbons (Fsp3) is 0.467. The van der Waals surface area contributed by atoms with Gasteiger partial charge >= 0.3 is 6.03 Å². The van der Waals surface area contributed by atoms with Crippen molar-refractivity contribution < 1.29 is 9.59 Å². The number of likely N-dealkylation sites (N-methyl/N-ethyl adjacent to an activating group) is 1. The monoisotopic (exact) mass is 292 g/mol. The molecule has 0 radical (unpaired) electrons. The lowest BCUT2D eigenvalue weighted by molar-refractivity contribution is -0.124. The fourth-order valence-electron chi connectivity index (χ4n) is 1.80. The summed E-state index contributed by atoms with van der Waals surface area (Å²) in [7, 11) is 7.32. The van der Waals surface area contributed by atoms with Gasteiger partial charge in [-0.3, -0.25) is 15.0 Å². The third kappa shape index (κ3) is 5.07. The van der Waals surface area contributed by atoms with Crippen LogP contribution < -0.4 is 15.5 Å². The van der Waals surface area contributed by atoms with E-state index in [1.165, 1.54) is 7.05 Å². The molecule has 2 N–H and O–H groups in total. The van der Waals surface area contributed by atoms with Crippen molar-refractivity contribution in [2.75, 3.05) is 33.1 Å². The lowest BCUT2D eigenvalue weighted by atomic mass is 10.1. The van der Waals surface area contributed by atoms with Gasteiger partial charge in [0.05, 0.1) is 6.04 Å². The van der Waals surface area contributed by atoms with Gasteiger partial charge in [-0.25, -0.2) is 4.79 Å². The number of hydrogen-bond acceptors (Lipinski definition) is 4. The van der Waals surface area contributed by atoms with Crippen molar-refractivity contribution in [3.63, 3.8) is 0 Å². The topological polar surface area (TPSA) is 64.7 Å². The van der Waals surface area contributed by atoms with Crippen LogP contribution in [0.1, 0.15) is 12.5 Å². The molecule has 1 aromatic rings. The van der Waals surface area contributed by atoms with Crippen molar-refractivity contribution in [3.8, 4) is 0 Å². The normalized spacial score (nSPS) is 11.9. The Labute approximate surface area is 126 Å². The second-order valence-corrected chi connectivity index (χ2v) is 5.22. The summed E-state index contributed by atoms with van der Waals surface area (Å²) >= 11 is 0. The maximum atomic E-state index is 11.9.